The van der Waals surface area contributed by atoms with Crippen LogP contribution in [0.25, 0.3) is 0 Å². The minimum absolute atomic E-state index is 0.101. The summed E-state index contributed by atoms with van der Waals surface area (Å²) in [6.07, 6.45) is 1.18. The molecule has 0 radical (unpaired) electrons. The average molecular weight is 293 g/mol. The van der Waals surface area contributed by atoms with Gasteiger partial charge in [0.15, 0.2) is 17.7 Å². The van der Waals surface area contributed by atoms with Crippen molar-refractivity contribution in [2.24, 2.45) is 5.92 Å². The Morgan fingerprint density at radius 3 is 3.05 bits per heavy atom. The number of carbonyl (C=O) groups is 1. The molecule has 21 heavy (non-hydrogen) atoms. The van der Waals surface area contributed by atoms with Crippen LogP contribution < -0.4 is 4.74 Å². The highest BCUT2D eigenvalue weighted by atomic mass is 19.1. The normalized spacial score (nSPS) is 26.1. The van der Waals surface area contributed by atoms with Crippen molar-refractivity contribution in [2.45, 2.75) is 38.4 Å². The predicted octanol–water partition coefficient (Wildman–Crippen LogP) is 1.75. The maximum Gasteiger partial charge on any atom is 0.264 e. The largest absolute Gasteiger partial charge is 0.477 e. The summed E-state index contributed by atoms with van der Waals surface area (Å²) in [6.45, 7) is 2.99. The van der Waals surface area contributed by atoms with E-state index in [4.69, 9.17) is 4.74 Å². The maximum atomic E-state index is 13.7. The molecule has 0 aliphatic carbocycles. The number of likely N-dealkylation sites (tertiary alicyclic amines) is 1. The smallest absolute Gasteiger partial charge is 0.264 e. The van der Waals surface area contributed by atoms with Gasteiger partial charge in [0, 0.05) is 31.0 Å². The van der Waals surface area contributed by atoms with E-state index in [1.807, 2.05) is 0 Å². The molecule has 0 aromatic heterocycles. The van der Waals surface area contributed by atoms with Crippen molar-refractivity contribution >= 4 is 5.91 Å². The fourth-order valence-electron chi connectivity index (χ4n) is 3.18. The summed E-state index contributed by atoms with van der Waals surface area (Å²) in [6, 6.07) is 4.77. The minimum Gasteiger partial charge on any atom is -0.477 e. The Balaban J connectivity index is 1.69. The lowest BCUT2D eigenvalue weighted by molar-refractivity contribution is -0.140. The van der Waals surface area contributed by atoms with Crippen LogP contribution in [0, 0.1) is 11.7 Å². The molecule has 1 aromatic rings. The molecule has 5 heteroatoms. The van der Waals surface area contributed by atoms with Gasteiger partial charge in [0.05, 0.1) is 6.10 Å². The van der Waals surface area contributed by atoms with Crippen molar-refractivity contribution in [3.05, 3.63) is 29.6 Å². The van der Waals surface area contributed by atoms with Crippen molar-refractivity contribution in [3.63, 3.8) is 0 Å². The molecule has 3 rings (SSSR count). The molecular weight excluding hydrogens is 273 g/mol. The molecule has 0 bridgehead atoms. The number of hydrogen-bond donors (Lipinski definition) is 1. The van der Waals surface area contributed by atoms with Gasteiger partial charge in [0.25, 0.3) is 5.91 Å². The van der Waals surface area contributed by atoms with Gasteiger partial charge in [-0.15, -0.1) is 0 Å². The molecule has 1 N–H and O–H groups in total. The lowest BCUT2D eigenvalue weighted by atomic mass is 9.93. The van der Waals surface area contributed by atoms with Crippen molar-refractivity contribution in [1.82, 2.24) is 4.90 Å². The van der Waals surface area contributed by atoms with E-state index < -0.39 is 18.0 Å². The van der Waals surface area contributed by atoms with Gasteiger partial charge in [-0.2, -0.15) is 0 Å². The summed E-state index contributed by atoms with van der Waals surface area (Å²) >= 11 is 0. The molecule has 1 fully saturated rings. The average Bonchev–Trinajstić information content (AvgIpc) is 2.92. The number of fused-ring (bicyclic) bond motifs is 1. The van der Waals surface area contributed by atoms with Gasteiger partial charge in [0.2, 0.25) is 0 Å². The Morgan fingerprint density at radius 1 is 1.52 bits per heavy atom. The lowest BCUT2D eigenvalue weighted by Crippen LogP contribution is -2.48. The Bertz CT molecular complexity index is 546. The molecule has 2 aliphatic rings. The number of aliphatic hydroxyl groups is 1. The highest BCUT2D eigenvalue weighted by Gasteiger charge is 2.36. The quantitative estimate of drug-likeness (QED) is 0.904. The van der Waals surface area contributed by atoms with E-state index in [2.05, 4.69) is 0 Å². The number of rotatable bonds is 2. The van der Waals surface area contributed by atoms with Crippen LogP contribution in [0.1, 0.15) is 25.3 Å². The first kappa shape index (κ1) is 14.3. The second-order valence-corrected chi connectivity index (χ2v) is 5.97. The molecule has 1 aromatic carbocycles. The van der Waals surface area contributed by atoms with Crippen LogP contribution in [0.15, 0.2) is 18.2 Å². The molecule has 1 amide bonds. The first-order valence-electron chi connectivity index (χ1n) is 7.47. The number of halogens is 1. The Hall–Kier alpha value is -1.62. The number of aliphatic hydroxyl groups excluding tert-OH is 1. The van der Waals surface area contributed by atoms with Crippen molar-refractivity contribution < 1.29 is 19.0 Å². The molecule has 4 nitrogen and oxygen atoms in total. The minimum atomic E-state index is -0.635. The fraction of sp³-hybridized carbons (Fsp3) is 0.562. The van der Waals surface area contributed by atoms with Gasteiger partial charge in [-0.25, -0.2) is 4.39 Å². The van der Waals surface area contributed by atoms with Gasteiger partial charge < -0.3 is 14.7 Å². The number of piperidine rings is 1. The van der Waals surface area contributed by atoms with E-state index in [-0.39, 0.29) is 17.6 Å². The molecule has 3 atom stereocenters. The number of ether oxygens (including phenoxy) is 1. The van der Waals surface area contributed by atoms with Crippen molar-refractivity contribution in [1.29, 1.82) is 0 Å². The number of nitrogens with zero attached hydrogens (tertiary/aromatic N) is 1. The van der Waals surface area contributed by atoms with E-state index in [1.165, 1.54) is 6.07 Å². The Kier molecular flexibility index (Phi) is 3.85. The zero-order chi connectivity index (χ0) is 15.0. The summed E-state index contributed by atoms with van der Waals surface area (Å²) in [4.78, 5) is 14.3. The number of para-hydroxylation sites is 1. The molecule has 1 saturated heterocycles. The molecular formula is C16H20FNO3. The van der Waals surface area contributed by atoms with Crippen LogP contribution in [-0.2, 0) is 11.2 Å². The third-order valence-corrected chi connectivity index (χ3v) is 4.44. The van der Waals surface area contributed by atoms with E-state index in [0.29, 0.717) is 19.5 Å². The van der Waals surface area contributed by atoms with Crippen molar-refractivity contribution in [2.75, 3.05) is 13.1 Å². The molecule has 2 aliphatic heterocycles. The molecule has 114 valence electrons. The first-order valence-corrected chi connectivity index (χ1v) is 7.47. The van der Waals surface area contributed by atoms with Gasteiger partial charge >= 0.3 is 0 Å². The number of hydrogen-bond acceptors (Lipinski definition) is 3. The van der Waals surface area contributed by atoms with Crippen LogP contribution in [0.2, 0.25) is 0 Å². The van der Waals surface area contributed by atoms with E-state index >= 15 is 0 Å². The lowest BCUT2D eigenvalue weighted by Gasteiger charge is -2.35. The molecule has 0 saturated carbocycles. The summed E-state index contributed by atoms with van der Waals surface area (Å²) in [5, 5.41) is 9.70. The second kappa shape index (κ2) is 5.64. The highest BCUT2D eigenvalue weighted by molar-refractivity contribution is 5.82. The summed E-state index contributed by atoms with van der Waals surface area (Å²) < 4.78 is 19.2. The van der Waals surface area contributed by atoms with Gasteiger partial charge in [-0.1, -0.05) is 12.1 Å². The van der Waals surface area contributed by atoms with Gasteiger partial charge in [-0.05, 0) is 25.8 Å². The van der Waals surface area contributed by atoms with Crippen molar-refractivity contribution in [3.8, 4) is 5.75 Å². The Morgan fingerprint density at radius 2 is 2.33 bits per heavy atom. The van der Waals surface area contributed by atoms with E-state index in [0.717, 1.165) is 18.4 Å². The zero-order valence-electron chi connectivity index (χ0n) is 12.1. The fourth-order valence-corrected chi connectivity index (χ4v) is 3.18. The third kappa shape index (κ3) is 2.75. The first-order chi connectivity index (χ1) is 10.1. The van der Waals surface area contributed by atoms with Gasteiger partial charge in [0.1, 0.15) is 0 Å². The van der Waals surface area contributed by atoms with Gasteiger partial charge in [-0.3, -0.25) is 4.79 Å². The van der Waals surface area contributed by atoms with E-state index in [9.17, 15) is 14.3 Å². The summed E-state index contributed by atoms with van der Waals surface area (Å²) in [5.74, 6) is -0.192. The second-order valence-electron chi connectivity index (χ2n) is 5.97. The van der Waals surface area contributed by atoms with Crippen LogP contribution in [0.5, 0.6) is 5.75 Å². The van der Waals surface area contributed by atoms with Crippen LogP contribution >= 0.6 is 0 Å². The highest BCUT2D eigenvalue weighted by Crippen LogP contribution is 2.32. The van der Waals surface area contributed by atoms with Crippen LogP contribution in [0.3, 0.4) is 0 Å². The monoisotopic (exact) mass is 293 g/mol. The zero-order valence-corrected chi connectivity index (χ0v) is 12.1. The third-order valence-electron chi connectivity index (χ3n) is 4.44. The van der Waals surface area contributed by atoms with Crippen LogP contribution in [0.4, 0.5) is 4.39 Å². The molecule has 2 heterocycles. The predicted molar refractivity (Wildman–Crippen MR) is 75.5 cm³/mol. The molecule has 3 unspecified atom stereocenters. The van der Waals surface area contributed by atoms with E-state index in [1.54, 1.807) is 24.0 Å². The number of benzene rings is 1. The summed E-state index contributed by atoms with van der Waals surface area (Å²) in [7, 11) is 0. The van der Waals surface area contributed by atoms with Crippen LogP contribution in [-0.4, -0.2) is 41.2 Å². The topological polar surface area (TPSA) is 49.8 Å². The molecule has 0 spiro atoms. The SMILES string of the molecule is CC(O)C1CCCN(C(=O)C2Cc3cccc(F)c3O2)C1. The number of amides is 1. The maximum absolute atomic E-state index is 13.7. The number of carbonyl (C=O) groups excluding carboxylic acids is 1. The summed E-state index contributed by atoms with van der Waals surface area (Å²) in [5.41, 5.74) is 0.748. The Labute approximate surface area is 123 Å². The standard InChI is InChI=1S/C16H20FNO3/c1-10(19)12-5-3-7-18(9-12)16(20)14-8-11-4-2-6-13(17)15(11)21-14/h2,4,6,10,12,14,19H,3,5,7-9H2,1H3.